The molecule has 3 heteroatoms. The van der Waals surface area contributed by atoms with Crippen LogP contribution in [0, 0.1) is 0 Å². The quantitative estimate of drug-likeness (QED) is 0.754. The molecule has 1 aliphatic carbocycles. The van der Waals surface area contributed by atoms with Gasteiger partial charge in [0, 0.05) is 5.56 Å². The predicted molar refractivity (Wildman–Crippen MR) is 97.5 cm³/mol. The van der Waals surface area contributed by atoms with E-state index in [4.69, 9.17) is 4.42 Å². The van der Waals surface area contributed by atoms with Gasteiger partial charge in [-0.15, -0.1) is 0 Å². The minimum atomic E-state index is -0.292. The summed E-state index contributed by atoms with van der Waals surface area (Å²) in [5.74, 6) is 0.663. The van der Waals surface area contributed by atoms with Crippen molar-refractivity contribution in [1.82, 2.24) is 5.32 Å². The van der Waals surface area contributed by atoms with E-state index in [-0.39, 0.29) is 11.9 Å². The van der Waals surface area contributed by atoms with E-state index in [0.29, 0.717) is 5.56 Å². The van der Waals surface area contributed by atoms with Gasteiger partial charge in [-0.25, -0.2) is 0 Å². The smallest absolute Gasteiger partial charge is 0.252 e. The summed E-state index contributed by atoms with van der Waals surface area (Å²) in [6.45, 7) is 0. The van der Waals surface area contributed by atoms with Gasteiger partial charge in [0.05, 0.1) is 6.26 Å². The van der Waals surface area contributed by atoms with Crippen LogP contribution in [-0.4, -0.2) is 5.91 Å². The van der Waals surface area contributed by atoms with Gasteiger partial charge in [0.15, 0.2) is 0 Å². The van der Waals surface area contributed by atoms with Crippen molar-refractivity contribution in [2.24, 2.45) is 0 Å². The van der Waals surface area contributed by atoms with Gasteiger partial charge in [-0.05, 0) is 66.6 Å². The highest BCUT2D eigenvalue weighted by Crippen LogP contribution is 2.25. The normalized spacial score (nSPS) is 14.6. The molecule has 0 aliphatic heterocycles. The van der Waals surface area contributed by atoms with Gasteiger partial charge in [-0.2, -0.15) is 0 Å². The number of hydrogen-bond donors (Lipinski definition) is 1. The number of carbonyl (C=O) groups excluding carboxylic acids is 1. The van der Waals surface area contributed by atoms with Crippen molar-refractivity contribution in [2.75, 3.05) is 0 Å². The number of benzene rings is 2. The van der Waals surface area contributed by atoms with Crippen molar-refractivity contribution in [3.05, 3.63) is 94.9 Å². The second-order valence-corrected chi connectivity index (χ2v) is 6.52. The molecule has 1 atom stereocenters. The van der Waals surface area contributed by atoms with Gasteiger partial charge >= 0.3 is 0 Å². The summed E-state index contributed by atoms with van der Waals surface area (Å²) in [7, 11) is 0. The zero-order valence-electron chi connectivity index (χ0n) is 14.1. The summed E-state index contributed by atoms with van der Waals surface area (Å²) in [5, 5.41) is 3.13. The van der Waals surface area contributed by atoms with Gasteiger partial charge in [0.2, 0.25) is 0 Å². The highest BCUT2D eigenvalue weighted by atomic mass is 16.3. The molecule has 4 rings (SSSR count). The number of hydrogen-bond acceptors (Lipinski definition) is 2. The lowest BCUT2D eigenvalue weighted by molar-refractivity contribution is 0.0939. The molecule has 126 valence electrons. The molecular formula is C22H21NO2. The molecule has 2 aromatic carbocycles. The molecule has 1 aliphatic rings. The summed E-state index contributed by atoms with van der Waals surface area (Å²) >= 11 is 0. The topological polar surface area (TPSA) is 42.2 Å². The molecule has 3 aromatic rings. The molecule has 0 bridgehead atoms. The lowest BCUT2D eigenvalue weighted by Gasteiger charge is -2.19. The van der Waals surface area contributed by atoms with Crippen molar-refractivity contribution in [3.8, 4) is 0 Å². The maximum absolute atomic E-state index is 12.9. The van der Waals surface area contributed by atoms with Crippen molar-refractivity contribution in [1.29, 1.82) is 0 Å². The number of nitrogens with one attached hydrogen (secondary N) is 1. The Labute approximate surface area is 147 Å². The van der Waals surface area contributed by atoms with E-state index >= 15 is 0 Å². The van der Waals surface area contributed by atoms with Gasteiger partial charge in [-0.3, -0.25) is 4.79 Å². The van der Waals surface area contributed by atoms with Crippen LogP contribution in [0.15, 0.2) is 71.3 Å². The van der Waals surface area contributed by atoms with Gasteiger partial charge in [-0.1, -0.05) is 36.4 Å². The lowest BCUT2D eigenvalue weighted by Crippen LogP contribution is -2.29. The van der Waals surface area contributed by atoms with Crippen LogP contribution in [0.5, 0.6) is 0 Å². The molecule has 1 N–H and O–H groups in total. The SMILES string of the molecule is O=C(NC(c1ccccc1)c1ccco1)c1ccc2c(c1)CCCC2. The standard InChI is InChI=1S/C22H21NO2/c24-22(19-13-12-16-7-4-5-10-18(16)15-19)23-21(20-11-6-14-25-20)17-8-2-1-3-9-17/h1-3,6,8-9,11-15,21H,4-5,7,10H2,(H,23,24). The van der Waals surface area contributed by atoms with E-state index in [1.807, 2.05) is 54.6 Å². The van der Waals surface area contributed by atoms with E-state index in [1.165, 1.54) is 24.0 Å². The minimum absolute atomic E-state index is 0.0707. The van der Waals surface area contributed by atoms with Crippen LogP contribution >= 0.6 is 0 Å². The molecule has 1 aromatic heterocycles. The monoisotopic (exact) mass is 331 g/mol. The highest BCUT2D eigenvalue weighted by Gasteiger charge is 2.21. The molecule has 1 unspecified atom stereocenters. The molecule has 1 heterocycles. The molecule has 0 saturated carbocycles. The van der Waals surface area contributed by atoms with Crippen molar-refractivity contribution in [2.45, 2.75) is 31.7 Å². The average Bonchev–Trinajstić information content (AvgIpc) is 3.20. The molecule has 0 fully saturated rings. The summed E-state index contributed by atoms with van der Waals surface area (Å²) < 4.78 is 5.56. The number of furan rings is 1. The van der Waals surface area contributed by atoms with E-state index in [0.717, 1.165) is 24.2 Å². The van der Waals surface area contributed by atoms with Crippen molar-refractivity contribution in [3.63, 3.8) is 0 Å². The van der Waals surface area contributed by atoms with E-state index in [1.54, 1.807) is 6.26 Å². The number of amides is 1. The third kappa shape index (κ3) is 3.36. The second-order valence-electron chi connectivity index (χ2n) is 6.52. The Balaban J connectivity index is 1.61. The summed E-state index contributed by atoms with van der Waals surface area (Å²) in [6.07, 6.45) is 6.27. The third-order valence-corrected chi connectivity index (χ3v) is 4.85. The van der Waals surface area contributed by atoms with E-state index in [9.17, 15) is 4.79 Å². The molecule has 25 heavy (non-hydrogen) atoms. The van der Waals surface area contributed by atoms with E-state index < -0.39 is 0 Å². The maximum Gasteiger partial charge on any atom is 0.252 e. The first-order valence-corrected chi connectivity index (χ1v) is 8.82. The first kappa shape index (κ1) is 15.7. The third-order valence-electron chi connectivity index (χ3n) is 4.85. The Kier molecular flexibility index (Phi) is 4.38. The first-order chi connectivity index (χ1) is 12.3. The number of aryl methyl sites for hydroxylation is 2. The van der Waals surface area contributed by atoms with Crippen LogP contribution in [0.2, 0.25) is 0 Å². The van der Waals surface area contributed by atoms with Crippen LogP contribution in [0.25, 0.3) is 0 Å². The van der Waals surface area contributed by atoms with Crippen LogP contribution in [-0.2, 0) is 12.8 Å². The van der Waals surface area contributed by atoms with Gasteiger partial charge in [0.25, 0.3) is 5.91 Å². The molecular weight excluding hydrogens is 310 g/mol. The highest BCUT2D eigenvalue weighted by molar-refractivity contribution is 5.95. The fourth-order valence-corrected chi connectivity index (χ4v) is 3.51. The van der Waals surface area contributed by atoms with Crippen molar-refractivity contribution < 1.29 is 9.21 Å². The first-order valence-electron chi connectivity index (χ1n) is 8.82. The summed E-state index contributed by atoms with van der Waals surface area (Å²) in [5.41, 5.74) is 4.42. The maximum atomic E-state index is 12.9. The number of rotatable bonds is 4. The van der Waals surface area contributed by atoms with Crippen LogP contribution in [0.1, 0.15) is 51.7 Å². The minimum Gasteiger partial charge on any atom is -0.467 e. The van der Waals surface area contributed by atoms with Crippen LogP contribution in [0.4, 0.5) is 0 Å². The fourth-order valence-electron chi connectivity index (χ4n) is 3.51. The zero-order valence-corrected chi connectivity index (χ0v) is 14.1. The Morgan fingerprint density at radius 1 is 0.920 bits per heavy atom. The summed E-state index contributed by atoms with van der Waals surface area (Å²) in [4.78, 5) is 12.9. The summed E-state index contributed by atoms with van der Waals surface area (Å²) in [6, 6.07) is 19.4. The number of carbonyl (C=O) groups is 1. The van der Waals surface area contributed by atoms with Gasteiger partial charge in [0.1, 0.15) is 11.8 Å². The van der Waals surface area contributed by atoms with Crippen molar-refractivity contribution >= 4 is 5.91 Å². The zero-order chi connectivity index (χ0) is 17.1. The lowest BCUT2D eigenvalue weighted by atomic mass is 9.90. The molecule has 0 spiro atoms. The Morgan fingerprint density at radius 3 is 2.48 bits per heavy atom. The van der Waals surface area contributed by atoms with Crippen LogP contribution < -0.4 is 5.32 Å². The second kappa shape index (κ2) is 6.98. The Hall–Kier alpha value is -2.81. The number of fused-ring (bicyclic) bond motifs is 1. The van der Waals surface area contributed by atoms with Crippen LogP contribution in [0.3, 0.4) is 0 Å². The molecule has 3 nitrogen and oxygen atoms in total. The largest absolute Gasteiger partial charge is 0.467 e. The Morgan fingerprint density at radius 2 is 1.72 bits per heavy atom. The van der Waals surface area contributed by atoms with E-state index in [2.05, 4.69) is 11.4 Å². The fraction of sp³-hybridized carbons (Fsp3) is 0.227. The molecule has 0 saturated heterocycles. The molecule has 1 amide bonds. The predicted octanol–water partition coefficient (Wildman–Crippen LogP) is 4.68. The molecule has 0 radical (unpaired) electrons. The Bertz CT molecular complexity index is 853. The van der Waals surface area contributed by atoms with Gasteiger partial charge < -0.3 is 9.73 Å². The average molecular weight is 331 g/mol.